The monoisotopic (exact) mass is 274 g/mol. The van der Waals surface area contributed by atoms with Crippen LogP contribution in [0.1, 0.15) is 11.1 Å². The average Bonchev–Trinajstić information content (AvgIpc) is 2.38. The van der Waals surface area contributed by atoms with Crippen molar-refractivity contribution in [2.24, 2.45) is 0 Å². The number of hydrogen-bond acceptors (Lipinski definition) is 2. The molecule has 0 saturated carbocycles. The smallest absolute Gasteiger partial charge is 0.249 e. The number of aromatic nitrogens is 1. The molecule has 0 saturated heterocycles. The minimum Gasteiger partial charge on any atom is -0.307 e. The molecule has 1 aromatic carbocycles. The van der Waals surface area contributed by atoms with Gasteiger partial charge < -0.3 is 5.32 Å². The molecule has 5 heteroatoms. The van der Waals surface area contributed by atoms with Gasteiger partial charge in [-0.25, -0.2) is 13.8 Å². The Labute approximate surface area is 115 Å². The second-order valence-corrected chi connectivity index (χ2v) is 4.18. The molecule has 0 aliphatic rings. The molecule has 2 rings (SSSR count). The van der Waals surface area contributed by atoms with E-state index in [0.717, 1.165) is 29.8 Å². The lowest BCUT2D eigenvalue weighted by molar-refractivity contribution is -0.111. The minimum atomic E-state index is -0.720. The Hall–Kier alpha value is -2.56. The topological polar surface area (TPSA) is 42.0 Å². The van der Waals surface area contributed by atoms with E-state index in [9.17, 15) is 13.6 Å². The molecule has 0 aliphatic carbocycles. The molecule has 0 atom stereocenters. The first-order chi connectivity index (χ1) is 9.56. The van der Waals surface area contributed by atoms with Crippen molar-refractivity contribution in [2.45, 2.75) is 6.92 Å². The van der Waals surface area contributed by atoms with Gasteiger partial charge in [0.05, 0.1) is 0 Å². The normalized spacial score (nSPS) is 10.8. The molecule has 102 valence electrons. The number of hydrogen-bond donors (Lipinski definition) is 1. The average molecular weight is 274 g/mol. The van der Waals surface area contributed by atoms with Crippen molar-refractivity contribution in [2.75, 3.05) is 5.32 Å². The van der Waals surface area contributed by atoms with Crippen LogP contribution < -0.4 is 5.32 Å². The highest BCUT2D eigenvalue weighted by molar-refractivity contribution is 6.01. The zero-order valence-electron chi connectivity index (χ0n) is 10.7. The predicted molar refractivity (Wildman–Crippen MR) is 73.0 cm³/mol. The predicted octanol–water partition coefficient (Wildman–Crippen LogP) is 3.32. The van der Waals surface area contributed by atoms with E-state index in [4.69, 9.17) is 0 Å². The zero-order chi connectivity index (χ0) is 14.5. The summed E-state index contributed by atoms with van der Waals surface area (Å²) in [6.45, 7) is 1.86. The molecule has 0 unspecified atom stereocenters. The first kappa shape index (κ1) is 13.9. The molecule has 0 radical (unpaired) electrons. The number of halogens is 2. The van der Waals surface area contributed by atoms with Gasteiger partial charge in [-0.2, -0.15) is 0 Å². The molecule has 2 aromatic rings. The van der Waals surface area contributed by atoms with Gasteiger partial charge in [0, 0.05) is 17.8 Å². The largest absolute Gasteiger partial charge is 0.307 e. The van der Waals surface area contributed by atoms with Gasteiger partial charge in [0.25, 0.3) is 0 Å². The molecular weight excluding hydrogens is 262 g/mol. The van der Waals surface area contributed by atoms with Crippen molar-refractivity contribution in [3.8, 4) is 0 Å². The van der Waals surface area contributed by atoms with Gasteiger partial charge in [0.15, 0.2) is 0 Å². The van der Waals surface area contributed by atoms with Crippen LogP contribution in [0.3, 0.4) is 0 Å². The third kappa shape index (κ3) is 3.47. The van der Waals surface area contributed by atoms with Gasteiger partial charge in [-0.15, -0.1) is 0 Å². The van der Waals surface area contributed by atoms with Gasteiger partial charge in [-0.1, -0.05) is 6.07 Å². The van der Waals surface area contributed by atoms with Crippen LogP contribution in [0.5, 0.6) is 0 Å². The Bertz CT molecular complexity index is 648. The third-order valence-corrected chi connectivity index (χ3v) is 2.57. The summed E-state index contributed by atoms with van der Waals surface area (Å²) >= 11 is 0. The number of pyridine rings is 1. The summed E-state index contributed by atoms with van der Waals surface area (Å²) in [4.78, 5) is 15.6. The van der Waals surface area contributed by atoms with E-state index in [1.54, 1.807) is 18.3 Å². The molecule has 0 spiro atoms. The summed E-state index contributed by atoms with van der Waals surface area (Å²) in [5.74, 6) is -1.56. The molecule has 0 fully saturated rings. The number of rotatable bonds is 3. The summed E-state index contributed by atoms with van der Waals surface area (Å²) in [5, 5.41) is 2.51. The maximum atomic E-state index is 13.3. The summed E-state index contributed by atoms with van der Waals surface area (Å²) in [6, 6.07) is 7.00. The number of nitrogens with one attached hydrogen (secondary N) is 1. The van der Waals surface area contributed by atoms with E-state index in [0.29, 0.717) is 5.82 Å². The molecule has 0 aliphatic heterocycles. The molecular formula is C15H12F2N2O. The van der Waals surface area contributed by atoms with E-state index in [2.05, 4.69) is 10.3 Å². The molecule has 1 heterocycles. The molecule has 1 N–H and O–H groups in total. The lowest BCUT2D eigenvalue weighted by atomic mass is 10.2. The van der Waals surface area contributed by atoms with Crippen LogP contribution >= 0.6 is 0 Å². The van der Waals surface area contributed by atoms with Crippen LogP contribution in [0.4, 0.5) is 14.6 Å². The fourth-order valence-electron chi connectivity index (χ4n) is 1.60. The second kappa shape index (κ2) is 6.06. The molecule has 3 nitrogen and oxygen atoms in total. The fraction of sp³-hybridized carbons (Fsp3) is 0.0667. The van der Waals surface area contributed by atoms with Crippen LogP contribution in [-0.2, 0) is 4.79 Å². The van der Waals surface area contributed by atoms with E-state index < -0.39 is 17.5 Å². The number of nitrogens with zero attached hydrogens (tertiary/aromatic N) is 1. The first-order valence-electron chi connectivity index (χ1n) is 5.92. The van der Waals surface area contributed by atoms with Crippen molar-refractivity contribution >= 4 is 17.8 Å². The quantitative estimate of drug-likeness (QED) is 0.872. The summed E-state index contributed by atoms with van der Waals surface area (Å²) in [6.07, 6.45) is 3.71. The molecule has 20 heavy (non-hydrogen) atoms. The lowest BCUT2D eigenvalue weighted by Crippen LogP contribution is -2.09. The van der Waals surface area contributed by atoms with E-state index in [1.165, 1.54) is 6.07 Å². The third-order valence-electron chi connectivity index (χ3n) is 2.57. The Morgan fingerprint density at radius 1 is 1.25 bits per heavy atom. The summed E-state index contributed by atoms with van der Waals surface area (Å²) in [5.41, 5.74) is 0.694. The highest BCUT2D eigenvalue weighted by Gasteiger charge is 2.05. The van der Waals surface area contributed by atoms with Crippen LogP contribution in [-0.4, -0.2) is 10.9 Å². The standard InChI is InChI=1S/C15H12F2N2O/c1-10-7-8-18-14(9-10)19-15(20)6-5-11-12(16)3-2-4-13(11)17/h2-9H,1H3,(H,18,19,20)/b6-5+. The Morgan fingerprint density at radius 2 is 1.95 bits per heavy atom. The minimum absolute atomic E-state index is 0.250. The Balaban J connectivity index is 2.10. The van der Waals surface area contributed by atoms with Crippen LogP contribution in [0, 0.1) is 18.6 Å². The number of amides is 1. The Morgan fingerprint density at radius 3 is 2.60 bits per heavy atom. The van der Waals surface area contributed by atoms with Crippen molar-refractivity contribution in [1.29, 1.82) is 0 Å². The van der Waals surface area contributed by atoms with Crippen molar-refractivity contribution in [3.63, 3.8) is 0 Å². The van der Waals surface area contributed by atoms with Crippen LogP contribution in [0.15, 0.2) is 42.6 Å². The highest BCUT2D eigenvalue weighted by Crippen LogP contribution is 2.13. The number of aryl methyl sites for hydroxylation is 1. The second-order valence-electron chi connectivity index (χ2n) is 4.18. The van der Waals surface area contributed by atoms with Gasteiger partial charge >= 0.3 is 0 Å². The fourth-order valence-corrected chi connectivity index (χ4v) is 1.60. The number of carbonyl (C=O) groups is 1. The number of anilines is 1. The van der Waals surface area contributed by atoms with E-state index in [-0.39, 0.29) is 5.56 Å². The van der Waals surface area contributed by atoms with E-state index >= 15 is 0 Å². The van der Waals surface area contributed by atoms with Crippen molar-refractivity contribution in [1.82, 2.24) is 4.98 Å². The van der Waals surface area contributed by atoms with Crippen molar-refractivity contribution < 1.29 is 13.6 Å². The maximum absolute atomic E-state index is 13.3. The van der Waals surface area contributed by atoms with E-state index in [1.807, 2.05) is 6.92 Å². The molecule has 1 amide bonds. The maximum Gasteiger partial charge on any atom is 0.249 e. The Kier molecular flexibility index (Phi) is 4.20. The van der Waals surface area contributed by atoms with Gasteiger partial charge in [0.2, 0.25) is 5.91 Å². The first-order valence-corrected chi connectivity index (χ1v) is 5.92. The van der Waals surface area contributed by atoms with Crippen LogP contribution in [0.25, 0.3) is 6.08 Å². The zero-order valence-corrected chi connectivity index (χ0v) is 10.7. The van der Waals surface area contributed by atoms with Gasteiger partial charge in [-0.05, 0) is 42.8 Å². The highest BCUT2D eigenvalue weighted by atomic mass is 19.1. The summed E-state index contributed by atoms with van der Waals surface area (Å²) < 4.78 is 26.7. The van der Waals surface area contributed by atoms with Gasteiger partial charge in [0.1, 0.15) is 17.5 Å². The van der Waals surface area contributed by atoms with Crippen LogP contribution in [0.2, 0.25) is 0 Å². The molecule has 0 bridgehead atoms. The SMILES string of the molecule is Cc1ccnc(NC(=O)/C=C/c2c(F)cccc2F)c1. The number of benzene rings is 1. The molecule has 1 aromatic heterocycles. The van der Waals surface area contributed by atoms with Crippen molar-refractivity contribution in [3.05, 3.63) is 65.4 Å². The summed E-state index contributed by atoms with van der Waals surface area (Å²) in [7, 11) is 0. The van der Waals surface area contributed by atoms with Gasteiger partial charge in [-0.3, -0.25) is 4.79 Å². The number of carbonyl (C=O) groups excluding carboxylic acids is 1. The lowest BCUT2D eigenvalue weighted by Gasteiger charge is -2.02.